The fourth-order valence-electron chi connectivity index (χ4n) is 1.76. The van der Waals surface area contributed by atoms with Gasteiger partial charge in [0.2, 0.25) is 0 Å². The van der Waals surface area contributed by atoms with Gasteiger partial charge in [-0.25, -0.2) is 8.42 Å². The molecule has 3 heteroatoms. The Balaban J connectivity index is 2.64. The highest BCUT2D eigenvalue weighted by atomic mass is 32.2. The molecule has 1 heterocycles. The number of benzene rings is 1. The molecule has 13 heavy (non-hydrogen) atoms. The molecule has 2 rings (SSSR count). The molecule has 0 N–H and O–H groups in total. The van der Waals surface area contributed by atoms with Crippen LogP contribution in [0.2, 0.25) is 0 Å². The SMILES string of the molecule is Cc1ccc2c(c1)[C@@H](C)S(=O)(=O)C2. The molecule has 0 amide bonds. The first-order valence-electron chi connectivity index (χ1n) is 4.32. The second-order valence-corrected chi connectivity index (χ2v) is 5.97. The number of fused-ring (bicyclic) bond motifs is 1. The van der Waals surface area contributed by atoms with Crippen LogP contribution in [0.4, 0.5) is 0 Å². The number of hydrogen-bond acceptors (Lipinski definition) is 2. The highest BCUT2D eigenvalue weighted by molar-refractivity contribution is 7.91. The maximum Gasteiger partial charge on any atom is 0.161 e. The fraction of sp³-hybridized carbons (Fsp3) is 0.400. The summed E-state index contributed by atoms with van der Waals surface area (Å²) in [5.41, 5.74) is 3.08. The average molecular weight is 196 g/mol. The Kier molecular flexibility index (Phi) is 1.74. The van der Waals surface area contributed by atoms with Crippen molar-refractivity contribution in [3.63, 3.8) is 0 Å². The molecule has 1 aliphatic heterocycles. The van der Waals surface area contributed by atoms with Crippen molar-refractivity contribution in [2.45, 2.75) is 24.9 Å². The molecule has 1 atom stereocenters. The molecular formula is C10H12O2S. The molecule has 0 bridgehead atoms. The summed E-state index contributed by atoms with van der Waals surface area (Å²) in [5, 5.41) is -0.317. The van der Waals surface area contributed by atoms with E-state index in [0.29, 0.717) is 0 Å². The summed E-state index contributed by atoms with van der Waals surface area (Å²) >= 11 is 0. The molecule has 0 aliphatic carbocycles. The molecule has 1 aromatic carbocycles. The molecule has 0 radical (unpaired) electrons. The molecule has 1 aromatic rings. The lowest BCUT2D eigenvalue weighted by Crippen LogP contribution is -2.02. The van der Waals surface area contributed by atoms with Crippen LogP contribution in [0.15, 0.2) is 18.2 Å². The van der Waals surface area contributed by atoms with E-state index < -0.39 is 9.84 Å². The van der Waals surface area contributed by atoms with Crippen molar-refractivity contribution in [1.82, 2.24) is 0 Å². The lowest BCUT2D eigenvalue weighted by atomic mass is 10.0. The first-order valence-corrected chi connectivity index (χ1v) is 6.03. The number of hydrogen-bond donors (Lipinski definition) is 0. The highest BCUT2D eigenvalue weighted by Gasteiger charge is 2.32. The zero-order valence-electron chi connectivity index (χ0n) is 7.74. The van der Waals surface area contributed by atoms with Crippen molar-refractivity contribution in [2.75, 3.05) is 0 Å². The second kappa shape index (κ2) is 2.58. The molecular weight excluding hydrogens is 184 g/mol. The number of aryl methyl sites for hydroxylation is 1. The van der Waals surface area contributed by atoms with Gasteiger partial charge in [-0.3, -0.25) is 0 Å². The van der Waals surface area contributed by atoms with E-state index in [9.17, 15) is 8.42 Å². The Hall–Kier alpha value is -0.830. The Morgan fingerprint density at radius 3 is 2.77 bits per heavy atom. The highest BCUT2D eigenvalue weighted by Crippen LogP contribution is 2.36. The van der Waals surface area contributed by atoms with Crippen LogP contribution in [-0.2, 0) is 15.6 Å². The van der Waals surface area contributed by atoms with Crippen molar-refractivity contribution >= 4 is 9.84 Å². The van der Waals surface area contributed by atoms with E-state index in [1.807, 2.05) is 25.1 Å². The third-order valence-electron chi connectivity index (χ3n) is 2.63. The molecule has 2 nitrogen and oxygen atoms in total. The van der Waals surface area contributed by atoms with Crippen LogP contribution in [0.3, 0.4) is 0 Å². The lowest BCUT2D eigenvalue weighted by Gasteiger charge is -2.03. The lowest BCUT2D eigenvalue weighted by molar-refractivity contribution is 0.590. The molecule has 0 spiro atoms. The Labute approximate surface area is 78.5 Å². The van der Waals surface area contributed by atoms with Crippen molar-refractivity contribution in [1.29, 1.82) is 0 Å². The van der Waals surface area contributed by atoms with Crippen LogP contribution < -0.4 is 0 Å². The van der Waals surface area contributed by atoms with Gasteiger partial charge in [0.15, 0.2) is 9.84 Å². The second-order valence-electron chi connectivity index (χ2n) is 3.65. The van der Waals surface area contributed by atoms with Gasteiger partial charge < -0.3 is 0 Å². The fourth-order valence-corrected chi connectivity index (χ4v) is 3.31. The van der Waals surface area contributed by atoms with Crippen LogP contribution in [-0.4, -0.2) is 8.42 Å². The maximum atomic E-state index is 11.5. The zero-order chi connectivity index (χ0) is 9.64. The molecule has 0 saturated carbocycles. The van der Waals surface area contributed by atoms with Gasteiger partial charge in [-0.15, -0.1) is 0 Å². The largest absolute Gasteiger partial charge is 0.228 e. The first-order chi connectivity index (χ1) is 6.00. The summed E-state index contributed by atoms with van der Waals surface area (Å²) in [4.78, 5) is 0. The Morgan fingerprint density at radius 2 is 2.08 bits per heavy atom. The van der Waals surface area contributed by atoms with E-state index in [-0.39, 0.29) is 11.0 Å². The summed E-state index contributed by atoms with van der Waals surface area (Å²) in [6.07, 6.45) is 0. The molecule has 0 aromatic heterocycles. The van der Waals surface area contributed by atoms with E-state index in [1.165, 1.54) is 0 Å². The van der Waals surface area contributed by atoms with Crippen LogP contribution in [0.5, 0.6) is 0 Å². The van der Waals surface area contributed by atoms with E-state index >= 15 is 0 Å². The van der Waals surface area contributed by atoms with Crippen molar-refractivity contribution in [2.24, 2.45) is 0 Å². The van der Waals surface area contributed by atoms with Gasteiger partial charge in [-0.1, -0.05) is 23.8 Å². The van der Waals surface area contributed by atoms with Crippen LogP contribution >= 0.6 is 0 Å². The predicted octanol–water partition coefficient (Wildman–Crippen LogP) is 1.98. The quantitative estimate of drug-likeness (QED) is 0.636. The Morgan fingerprint density at radius 1 is 1.38 bits per heavy atom. The molecule has 0 saturated heterocycles. The van der Waals surface area contributed by atoms with Gasteiger partial charge in [0.25, 0.3) is 0 Å². The van der Waals surface area contributed by atoms with Gasteiger partial charge in [-0.05, 0) is 25.0 Å². The summed E-state index contributed by atoms with van der Waals surface area (Å²) in [7, 11) is -2.90. The van der Waals surface area contributed by atoms with Crippen molar-refractivity contribution in [3.05, 3.63) is 34.9 Å². The zero-order valence-corrected chi connectivity index (χ0v) is 8.56. The monoisotopic (exact) mass is 196 g/mol. The molecule has 1 aliphatic rings. The van der Waals surface area contributed by atoms with Gasteiger partial charge >= 0.3 is 0 Å². The smallest absolute Gasteiger partial charge is 0.161 e. The van der Waals surface area contributed by atoms with Gasteiger partial charge in [0, 0.05) is 0 Å². The van der Waals surface area contributed by atoms with E-state index in [4.69, 9.17) is 0 Å². The normalized spacial score (nSPS) is 24.3. The standard InChI is InChI=1S/C10H12O2S/c1-7-3-4-9-6-13(11,12)8(2)10(9)5-7/h3-5,8H,6H2,1-2H3/t8-/m1/s1. The van der Waals surface area contributed by atoms with Gasteiger partial charge in [-0.2, -0.15) is 0 Å². The molecule has 70 valence electrons. The van der Waals surface area contributed by atoms with Crippen molar-refractivity contribution in [3.8, 4) is 0 Å². The van der Waals surface area contributed by atoms with E-state index in [1.54, 1.807) is 6.92 Å². The van der Waals surface area contributed by atoms with E-state index in [0.717, 1.165) is 16.7 Å². The number of rotatable bonds is 0. The average Bonchev–Trinajstić information content (AvgIpc) is 2.26. The summed E-state index contributed by atoms with van der Waals surface area (Å²) in [6, 6.07) is 5.86. The van der Waals surface area contributed by atoms with Gasteiger partial charge in [0.1, 0.15) is 0 Å². The third-order valence-corrected chi connectivity index (χ3v) is 4.68. The third kappa shape index (κ3) is 1.27. The predicted molar refractivity (Wildman–Crippen MR) is 52.2 cm³/mol. The minimum absolute atomic E-state index is 0.212. The van der Waals surface area contributed by atoms with Crippen LogP contribution in [0, 0.1) is 6.92 Å². The summed E-state index contributed by atoms with van der Waals surface area (Å²) in [6.45, 7) is 3.75. The van der Waals surface area contributed by atoms with Crippen molar-refractivity contribution < 1.29 is 8.42 Å². The summed E-state index contributed by atoms with van der Waals surface area (Å²) in [5.74, 6) is 0.212. The minimum Gasteiger partial charge on any atom is -0.228 e. The van der Waals surface area contributed by atoms with Gasteiger partial charge in [0.05, 0.1) is 11.0 Å². The number of sulfone groups is 1. The summed E-state index contributed by atoms with van der Waals surface area (Å²) < 4.78 is 23.1. The first kappa shape index (κ1) is 8.75. The molecule has 0 fully saturated rings. The maximum absolute atomic E-state index is 11.5. The van der Waals surface area contributed by atoms with Crippen LogP contribution in [0.1, 0.15) is 28.9 Å². The van der Waals surface area contributed by atoms with E-state index in [2.05, 4.69) is 0 Å². The topological polar surface area (TPSA) is 34.1 Å². The van der Waals surface area contributed by atoms with Crippen LogP contribution in [0.25, 0.3) is 0 Å². The Bertz CT molecular complexity index is 446. The molecule has 0 unspecified atom stereocenters. The minimum atomic E-state index is -2.90.